The van der Waals surface area contributed by atoms with Crippen molar-refractivity contribution >= 4 is 11.6 Å². The third-order valence-corrected chi connectivity index (χ3v) is 4.18. The van der Waals surface area contributed by atoms with E-state index in [-0.39, 0.29) is 11.9 Å². The number of piperazine rings is 1. The number of hydrogen-bond acceptors (Lipinski definition) is 3. The Labute approximate surface area is 114 Å². The Hall–Kier alpha value is -1.55. The average molecular weight is 259 g/mol. The summed E-state index contributed by atoms with van der Waals surface area (Å²) in [5, 5.41) is 3.29. The van der Waals surface area contributed by atoms with E-state index < -0.39 is 0 Å². The zero-order valence-electron chi connectivity index (χ0n) is 11.4. The van der Waals surface area contributed by atoms with Crippen molar-refractivity contribution in [1.29, 1.82) is 0 Å². The Balaban J connectivity index is 1.74. The highest BCUT2D eigenvalue weighted by Gasteiger charge is 2.30. The number of anilines is 1. The second-order valence-corrected chi connectivity index (χ2v) is 5.32. The van der Waals surface area contributed by atoms with Gasteiger partial charge in [-0.3, -0.25) is 4.79 Å². The maximum Gasteiger partial charge on any atom is 0.245 e. The van der Waals surface area contributed by atoms with Crippen molar-refractivity contribution in [1.82, 2.24) is 10.2 Å². The molecule has 2 heterocycles. The van der Waals surface area contributed by atoms with Crippen molar-refractivity contribution in [3.8, 4) is 0 Å². The number of hydrogen-bond donors (Lipinski definition) is 1. The predicted molar refractivity (Wildman–Crippen MR) is 76.4 cm³/mol. The van der Waals surface area contributed by atoms with Gasteiger partial charge >= 0.3 is 0 Å². The molecule has 1 fully saturated rings. The normalized spacial score (nSPS) is 20.3. The lowest BCUT2D eigenvalue weighted by Crippen LogP contribution is -2.53. The number of carbonyl (C=O) groups is 1. The molecule has 1 unspecified atom stereocenters. The van der Waals surface area contributed by atoms with Gasteiger partial charge in [0.25, 0.3) is 0 Å². The Kier molecular flexibility index (Phi) is 3.42. The standard InChI is InChI=1S/C15H21N3O/c1-12(15(19)17-10-7-16-8-11-17)18-9-6-13-4-2-3-5-14(13)18/h2-5,12,16H,6-11H2,1H3. The number of nitrogens with one attached hydrogen (secondary N) is 1. The van der Waals surface area contributed by atoms with Crippen molar-refractivity contribution < 1.29 is 4.79 Å². The summed E-state index contributed by atoms with van der Waals surface area (Å²) in [4.78, 5) is 16.8. The van der Waals surface area contributed by atoms with Crippen LogP contribution in [0.3, 0.4) is 0 Å². The largest absolute Gasteiger partial charge is 0.359 e. The van der Waals surface area contributed by atoms with E-state index >= 15 is 0 Å². The molecule has 0 spiro atoms. The average Bonchev–Trinajstić information content (AvgIpc) is 2.90. The lowest BCUT2D eigenvalue weighted by Gasteiger charge is -2.34. The summed E-state index contributed by atoms with van der Waals surface area (Å²) in [6.07, 6.45) is 1.05. The van der Waals surface area contributed by atoms with Crippen LogP contribution in [0, 0.1) is 0 Å². The first-order valence-corrected chi connectivity index (χ1v) is 7.11. The number of para-hydroxylation sites is 1. The molecule has 0 bridgehead atoms. The van der Waals surface area contributed by atoms with Crippen molar-refractivity contribution in [2.24, 2.45) is 0 Å². The molecule has 0 aromatic heterocycles. The number of amides is 1. The summed E-state index contributed by atoms with van der Waals surface area (Å²) in [7, 11) is 0. The maximum atomic E-state index is 12.6. The fourth-order valence-corrected chi connectivity index (χ4v) is 3.05. The second kappa shape index (κ2) is 5.21. The molecule has 1 saturated heterocycles. The predicted octanol–water partition coefficient (Wildman–Crippen LogP) is 0.869. The molecule has 0 saturated carbocycles. The molecule has 1 aromatic carbocycles. The van der Waals surface area contributed by atoms with Gasteiger partial charge in [0.1, 0.15) is 6.04 Å². The van der Waals surface area contributed by atoms with E-state index in [0.29, 0.717) is 0 Å². The van der Waals surface area contributed by atoms with Gasteiger partial charge in [-0.25, -0.2) is 0 Å². The van der Waals surface area contributed by atoms with E-state index in [4.69, 9.17) is 0 Å². The second-order valence-electron chi connectivity index (χ2n) is 5.32. The summed E-state index contributed by atoms with van der Waals surface area (Å²) >= 11 is 0. The zero-order chi connectivity index (χ0) is 13.2. The molecule has 1 aromatic rings. The quantitative estimate of drug-likeness (QED) is 0.856. The molecular formula is C15H21N3O. The molecule has 3 rings (SSSR count). The Morgan fingerprint density at radius 1 is 1.21 bits per heavy atom. The Morgan fingerprint density at radius 3 is 2.74 bits per heavy atom. The van der Waals surface area contributed by atoms with E-state index in [1.54, 1.807) is 0 Å². The fraction of sp³-hybridized carbons (Fsp3) is 0.533. The van der Waals surface area contributed by atoms with Crippen LogP contribution < -0.4 is 10.2 Å². The lowest BCUT2D eigenvalue weighted by molar-refractivity contribution is -0.132. The minimum Gasteiger partial charge on any atom is -0.359 e. The van der Waals surface area contributed by atoms with Crippen LogP contribution in [0.25, 0.3) is 0 Å². The number of rotatable bonds is 2. The van der Waals surface area contributed by atoms with Crippen molar-refractivity contribution in [3.63, 3.8) is 0 Å². The van der Waals surface area contributed by atoms with Gasteiger partial charge in [0.2, 0.25) is 5.91 Å². The molecule has 19 heavy (non-hydrogen) atoms. The Morgan fingerprint density at radius 2 is 1.95 bits per heavy atom. The van der Waals surface area contributed by atoms with Gasteiger partial charge in [0.15, 0.2) is 0 Å². The molecule has 1 N–H and O–H groups in total. The van der Waals surface area contributed by atoms with Gasteiger partial charge in [-0.2, -0.15) is 0 Å². The van der Waals surface area contributed by atoms with E-state index in [0.717, 1.165) is 39.1 Å². The van der Waals surface area contributed by atoms with Crippen molar-refractivity contribution in [2.45, 2.75) is 19.4 Å². The SMILES string of the molecule is CC(C(=O)N1CCNCC1)N1CCc2ccccc21. The van der Waals surface area contributed by atoms with E-state index in [9.17, 15) is 4.79 Å². The number of carbonyl (C=O) groups excluding carboxylic acids is 1. The van der Waals surface area contributed by atoms with Crippen LogP contribution in [0.2, 0.25) is 0 Å². The maximum absolute atomic E-state index is 12.6. The lowest BCUT2D eigenvalue weighted by atomic mass is 10.1. The minimum atomic E-state index is -0.0539. The van der Waals surface area contributed by atoms with Crippen LogP contribution in [0.15, 0.2) is 24.3 Å². The summed E-state index contributed by atoms with van der Waals surface area (Å²) in [6.45, 7) is 6.48. The van der Waals surface area contributed by atoms with Crippen LogP contribution in [-0.4, -0.2) is 49.6 Å². The van der Waals surface area contributed by atoms with Gasteiger partial charge in [-0.1, -0.05) is 18.2 Å². The highest BCUT2D eigenvalue weighted by molar-refractivity contribution is 5.86. The van der Waals surface area contributed by atoms with Gasteiger partial charge in [0, 0.05) is 38.4 Å². The van der Waals surface area contributed by atoms with E-state index in [2.05, 4.69) is 34.5 Å². The Bertz CT molecular complexity index is 468. The monoisotopic (exact) mass is 259 g/mol. The van der Waals surface area contributed by atoms with Crippen LogP contribution in [0.5, 0.6) is 0 Å². The highest BCUT2D eigenvalue weighted by Crippen LogP contribution is 2.29. The molecule has 2 aliphatic heterocycles. The molecule has 1 atom stereocenters. The first-order chi connectivity index (χ1) is 9.27. The van der Waals surface area contributed by atoms with Crippen LogP contribution in [-0.2, 0) is 11.2 Å². The third kappa shape index (κ3) is 2.32. The molecule has 102 valence electrons. The molecule has 0 radical (unpaired) electrons. The van der Waals surface area contributed by atoms with Crippen LogP contribution >= 0.6 is 0 Å². The summed E-state index contributed by atoms with van der Waals surface area (Å²) in [6, 6.07) is 8.37. The molecular weight excluding hydrogens is 238 g/mol. The number of fused-ring (bicyclic) bond motifs is 1. The molecule has 4 heteroatoms. The van der Waals surface area contributed by atoms with Crippen molar-refractivity contribution in [2.75, 3.05) is 37.6 Å². The van der Waals surface area contributed by atoms with Gasteiger partial charge in [-0.15, -0.1) is 0 Å². The molecule has 2 aliphatic rings. The topological polar surface area (TPSA) is 35.6 Å². The van der Waals surface area contributed by atoms with E-state index in [1.165, 1.54) is 11.3 Å². The summed E-state index contributed by atoms with van der Waals surface area (Å²) < 4.78 is 0. The summed E-state index contributed by atoms with van der Waals surface area (Å²) in [5.74, 6) is 0.262. The highest BCUT2D eigenvalue weighted by atomic mass is 16.2. The third-order valence-electron chi connectivity index (χ3n) is 4.18. The van der Waals surface area contributed by atoms with Crippen molar-refractivity contribution in [3.05, 3.63) is 29.8 Å². The van der Waals surface area contributed by atoms with Gasteiger partial charge in [0.05, 0.1) is 0 Å². The van der Waals surface area contributed by atoms with E-state index in [1.807, 2.05) is 11.8 Å². The molecule has 0 aliphatic carbocycles. The number of benzene rings is 1. The molecule has 1 amide bonds. The smallest absolute Gasteiger partial charge is 0.245 e. The summed E-state index contributed by atoms with van der Waals surface area (Å²) in [5.41, 5.74) is 2.60. The molecule has 4 nitrogen and oxygen atoms in total. The number of nitrogens with zero attached hydrogens (tertiary/aromatic N) is 2. The van der Waals surface area contributed by atoms with Gasteiger partial charge in [-0.05, 0) is 25.0 Å². The first-order valence-electron chi connectivity index (χ1n) is 7.11. The van der Waals surface area contributed by atoms with Crippen LogP contribution in [0.4, 0.5) is 5.69 Å². The van der Waals surface area contributed by atoms with Gasteiger partial charge < -0.3 is 15.1 Å². The zero-order valence-corrected chi connectivity index (χ0v) is 11.4. The first kappa shape index (κ1) is 12.5. The fourth-order valence-electron chi connectivity index (χ4n) is 3.05. The minimum absolute atomic E-state index is 0.0539. The van der Waals surface area contributed by atoms with Crippen LogP contribution in [0.1, 0.15) is 12.5 Å².